The first-order valence-electron chi connectivity index (χ1n) is 8.17. The molecule has 1 N–H and O–H groups in total. The van der Waals surface area contributed by atoms with Crippen LogP contribution in [0.3, 0.4) is 0 Å². The number of nitrogens with zero attached hydrogens (tertiary/aromatic N) is 1. The molecular weight excluding hydrogens is 276 g/mol. The van der Waals surface area contributed by atoms with Gasteiger partial charge in [-0.05, 0) is 67.6 Å². The number of rotatable bonds is 3. The van der Waals surface area contributed by atoms with Crippen molar-refractivity contribution in [1.82, 2.24) is 10.2 Å². The molecule has 1 saturated carbocycles. The summed E-state index contributed by atoms with van der Waals surface area (Å²) in [6, 6.07) is 8.82. The summed E-state index contributed by atoms with van der Waals surface area (Å²) in [4.78, 5) is 2.67. The van der Waals surface area contributed by atoms with Crippen LogP contribution in [0.25, 0.3) is 10.1 Å². The molecule has 1 saturated heterocycles. The molecule has 2 aromatic rings. The molecule has 1 atom stereocenters. The second kappa shape index (κ2) is 5.38. The van der Waals surface area contributed by atoms with E-state index >= 15 is 0 Å². The molecule has 2 aliphatic rings. The van der Waals surface area contributed by atoms with E-state index in [1.807, 2.05) is 11.3 Å². The fourth-order valence-electron chi connectivity index (χ4n) is 3.80. The van der Waals surface area contributed by atoms with Gasteiger partial charge in [0.05, 0.1) is 0 Å². The average Bonchev–Trinajstić information content (AvgIpc) is 3.28. The zero-order valence-electron chi connectivity index (χ0n) is 12.8. The van der Waals surface area contributed by atoms with Crippen LogP contribution in [0, 0.1) is 5.92 Å². The molecule has 0 amide bonds. The van der Waals surface area contributed by atoms with Gasteiger partial charge in [0.2, 0.25) is 0 Å². The van der Waals surface area contributed by atoms with Gasteiger partial charge < -0.3 is 5.32 Å². The van der Waals surface area contributed by atoms with E-state index in [0.717, 1.165) is 12.5 Å². The van der Waals surface area contributed by atoms with Crippen molar-refractivity contribution < 1.29 is 0 Å². The van der Waals surface area contributed by atoms with E-state index in [0.29, 0.717) is 5.54 Å². The zero-order chi connectivity index (χ0) is 14.3. The highest BCUT2D eigenvalue weighted by molar-refractivity contribution is 7.17. The monoisotopic (exact) mass is 300 g/mol. The summed E-state index contributed by atoms with van der Waals surface area (Å²) in [5, 5.41) is 7.64. The Kier molecular flexibility index (Phi) is 3.52. The summed E-state index contributed by atoms with van der Waals surface area (Å²) in [5.41, 5.74) is 1.85. The molecule has 4 rings (SSSR count). The van der Waals surface area contributed by atoms with Crippen LogP contribution in [0.15, 0.2) is 29.6 Å². The van der Waals surface area contributed by atoms with Crippen molar-refractivity contribution in [3.63, 3.8) is 0 Å². The molecule has 1 aliphatic heterocycles. The van der Waals surface area contributed by atoms with Gasteiger partial charge in [0.15, 0.2) is 0 Å². The van der Waals surface area contributed by atoms with Crippen molar-refractivity contribution in [3.05, 3.63) is 35.2 Å². The van der Waals surface area contributed by atoms with Crippen LogP contribution in [-0.2, 0) is 6.54 Å². The first kappa shape index (κ1) is 13.7. The minimum Gasteiger partial charge on any atom is -0.310 e. The molecule has 21 heavy (non-hydrogen) atoms. The predicted octanol–water partition coefficient (Wildman–Crippen LogP) is 3.87. The maximum Gasteiger partial charge on any atom is 0.0346 e. The van der Waals surface area contributed by atoms with E-state index < -0.39 is 0 Å². The Bertz CT molecular complexity index is 631. The lowest BCUT2D eigenvalue weighted by molar-refractivity contribution is 0.195. The second-order valence-electron chi connectivity index (χ2n) is 6.94. The summed E-state index contributed by atoms with van der Waals surface area (Å²) in [5.74, 6) is 0.900. The van der Waals surface area contributed by atoms with Crippen LogP contribution >= 0.6 is 11.3 Å². The number of hydrogen-bond donors (Lipinski definition) is 1. The smallest absolute Gasteiger partial charge is 0.0346 e. The Morgan fingerprint density at radius 2 is 2.19 bits per heavy atom. The lowest BCUT2D eigenvalue weighted by Crippen LogP contribution is -2.50. The second-order valence-corrected chi connectivity index (χ2v) is 7.85. The van der Waals surface area contributed by atoms with Gasteiger partial charge in [-0.2, -0.15) is 0 Å². The van der Waals surface area contributed by atoms with Gasteiger partial charge in [-0.3, -0.25) is 4.90 Å². The Hall–Kier alpha value is -0.900. The highest BCUT2D eigenvalue weighted by atomic mass is 32.1. The zero-order valence-corrected chi connectivity index (χ0v) is 13.6. The number of nitrogens with one attached hydrogen (secondary N) is 1. The Morgan fingerprint density at radius 1 is 1.33 bits per heavy atom. The minimum absolute atomic E-state index is 0.336. The van der Waals surface area contributed by atoms with Gasteiger partial charge in [-0.25, -0.2) is 0 Å². The van der Waals surface area contributed by atoms with Gasteiger partial charge in [0.25, 0.3) is 0 Å². The fraction of sp³-hybridized carbons (Fsp3) is 0.556. The van der Waals surface area contributed by atoms with E-state index in [-0.39, 0.29) is 0 Å². The largest absolute Gasteiger partial charge is 0.310 e. The topological polar surface area (TPSA) is 15.3 Å². The van der Waals surface area contributed by atoms with Crippen molar-refractivity contribution in [2.75, 3.05) is 19.6 Å². The van der Waals surface area contributed by atoms with Crippen molar-refractivity contribution >= 4 is 21.4 Å². The maximum atomic E-state index is 3.83. The van der Waals surface area contributed by atoms with Crippen molar-refractivity contribution in [1.29, 1.82) is 0 Å². The lowest BCUT2D eigenvalue weighted by atomic mass is 9.95. The van der Waals surface area contributed by atoms with Crippen molar-refractivity contribution in [2.45, 2.75) is 38.3 Å². The van der Waals surface area contributed by atoms with Gasteiger partial charge in [-0.1, -0.05) is 18.2 Å². The highest BCUT2D eigenvalue weighted by Gasteiger charge is 2.42. The summed E-state index contributed by atoms with van der Waals surface area (Å²) in [7, 11) is 0. The van der Waals surface area contributed by atoms with Gasteiger partial charge in [-0.15, -0.1) is 11.3 Å². The third-order valence-corrected chi connectivity index (χ3v) is 6.18. The van der Waals surface area contributed by atoms with Crippen LogP contribution in [0.2, 0.25) is 0 Å². The van der Waals surface area contributed by atoms with Crippen molar-refractivity contribution in [2.24, 2.45) is 5.92 Å². The molecule has 1 unspecified atom stereocenters. The average molecular weight is 300 g/mol. The first-order chi connectivity index (χ1) is 10.2. The number of thiophene rings is 1. The molecule has 1 aliphatic carbocycles. The fourth-order valence-corrected chi connectivity index (χ4v) is 4.76. The number of fused-ring (bicyclic) bond motifs is 1. The molecule has 2 fully saturated rings. The normalized spacial score (nSPS) is 27.9. The van der Waals surface area contributed by atoms with E-state index in [1.165, 1.54) is 54.5 Å². The molecule has 1 aromatic carbocycles. The van der Waals surface area contributed by atoms with Crippen LogP contribution in [0.4, 0.5) is 0 Å². The van der Waals surface area contributed by atoms with Crippen LogP contribution in [-0.4, -0.2) is 30.1 Å². The van der Waals surface area contributed by atoms with Crippen LogP contribution in [0.1, 0.15) is 31.7 Å². The first-order valence-corrected chi connectivity index (χ1v) is 9.05. The van der Waals surface area contributed by atoms with E-state index in [9.17, 15) is 0 Å². The van der Waals surface area contributed by atoms with E-state index in [1.54, 1.807) is 0 Å². The molecule has 1 aromatic heterocycles. The van der Waals surface area contributed by atoms with E-state index in [2.05, 4.69) is 46.8 Å². The number of benzene rings is 1. The summed E-state index contributed by atoms with van der Waals surface area (Å²) >= 11 is 1.88. The molecule has 0 spiro atoms. The quantitative estimate of drug-likeness (QED) is 0.926. The van der Waals surface area contributed by atoms with Crippen LogP contribution in [0.5, 0.6) is 0 Å². The summed E-state index contributed by atoms with van der Waals surface area (Å²) in [6.45, 7) is 7.14. The molecular formula is C18H24N2S. The summed E-state index contributed by atoms with van der Waals surface area (Å²) < 4.78 is 1.42. The standard InChI is InChI=1S/C18H24N2S/c1-18(15-7-8-15)13-20(10-4-9-19-18)11-14-12-21-17-6-3-2-5-16(14)17/h2-3,5-6,12,15,19H,4,7-11,13H2,1H3. The maximum absolute atomic E-state index is 3.83. The van der Waals surface area contributed by atoms with Crippen molar-refractivity contribution in [3.8, 4) is 0 Å². The Labute approximate surface area is 131 Å². The SMILES string of the molecule is CC1(C2CC2)CN(Cc2csc3ccccc23)CCCN1. The Morgan fingerprint density at radius 3 is 3.05 bits per heavy atom. The highest BCUT2D eigenvalue weighted by Crippen LogP contribution is 2.41. The molecule has 112 valence electrons. The van der Waals surface area contributed by atoms with Gasteiger partial charge in [0.1, 0.15) is 0 Å². The third kappa shape index (κ3) is 2.75. The third-order valence-electron chi connectivity index (χ3n) is 5.17. The minimum atomic E-state index is 0.336. The van der Waals surface area contributed by atoms with Gasteiger partial charge in [0, 0.05) is 23.3 Å². The molecule has 2 heterocycles. The number of hydrogen-bond acceptors (Lipinski definition) is 3. The van der Waals surface area contributed by atoms with Crippen LogP contribution < -0.4 is 5.32 Å². The molecule has 0 bridgehead atoms. The molecule has 3 heteroatoms. The molecule has 2 nitrogen and oxygen atoms in total. The lowest BCUT2D eigenvalue weighted by Gasteiger charge is -2.34. The molecule has 0 radical (unpaired) electrons. The predicted molar refractivity (Wildman–Crippen MR) is 90.9 cm³/mol. The Balaban J connectivity index is 1.55. The van der Waals surface area contributed by atoms with E-state index in [4.69, 9.17) is 0 Å². The summed E-state index contributed by atoms with van der Waals surface area (Å²) in [6.07, 6.45) is 4.10. The van der Waals surface area contributed by atoms with Gasteiger partial charge >= 0.3 is 0 Å².